The molecule has 0 saturated heterocycles. The molecule has 2 aromatic heterocycles. The summed E-state index contributed by atoms with van der Waals surface area (Å²) < 4.78 is 4.01. The summed E-state index contributed by atoms with van der Waals surface area (Å²) in [7, 11) is 0. The Morgan fingerprint density at radius 3 is 2.60 bits per heavy atom. The van der Waals surface area contributed by atoms with E-state index in [-0.39, 0.29) is 0 Å². The number of imidazole rings is 1. The third-order valence-corrected chi connectivity index (χ3v) is 4.57. The number of nitrogens with zero attached hydrogens (tertiary/aromatic N) is 2. The van der Waals surface area contributed by atoms with Crippen LogP contribution in [0.4, 0.5) is 0 Å². The van der Waals surface area contributed by atoms with Crippen LogP contribution in [0.3, 0.4) is 0 Å². The molecule has 0 aliphatic rings. The Bertz CT molecular complexity index is 1010. The third-order valence-electron chi connectivity index (χ3n) is 3.26. The fraction of sp³-hybridized carbons (Fsp3) is 0. The van der Waals surface area contributed by atoms with Crippen molar-refractivity contribution in [1.29, 1.82) is 0 Å². The fourth-order valence-corrected chi connectivity index (χ4v) is 3.70. The smallest absolute Gasteiger partial charge is 0.168 e. The van der Waals surface area contributed by atoms with Gasteiger partial charge in [0.2, 0.25) is 0 Å². The summed E-state index contributed by atoms with van der Waals surface area (Å²) in [6.45, 7) is 0. The lowest BCUT2D eigenvalue weighted by atomic mass is 10.2. The Morgan fingerprint density at radius 2 is 1.75 bits per heavy atom. The van der Waals surface area contributed by atoms with Crippen LogP contribution in [0.15, 0.2) is 54.6 Å². The number of aromatic nitrogens is 2. The number of thiazole rings is 1. The Hall–Kier alpha value is -2.04. The van der Waals surface area contributed by atoms with Gasteiger partial charge in [-0.3, -0.25) is 4.40 Å². The van der Waals surface area contributed by atoms with Gasteiger partial charge in [-0.05, 0) is 36.0 Å². The minimum atomic E-state index is 0.843. The van der Waals surface area contributed by atoms with Gasteiger partial charge in [0.25, 0.3) is 0 Å². The number of para-hydroxylation sites is 2. The van der Waals surface area contributed by atoms with Crippen molar-refractivity contribution in [2.75, 3.05) is 0 Å². The molecular weight excluding hydrogens is 284 g/mol. The van der Waals surface area contributed by atoms with Gasteiger partial charge < -0.3 is 0 Å². The van der Waals surface area contributed by atoms with Gasteiger partial charge in [-0.25, -0.2) is 4.98 Å². The zero-order valence-electron chi connectivity index (χ0n) is 10.5. The standard InChI is InChI=1S/C16H10N2S2/c19-16-18-13-9-5-4-8-12(13)17-15(18)14(20-16)10-11-6-2-1-3-7-11/h1-10H. The van der Waals surface area contributed by atoms with Crippen LogP contribution >= 0.6 is 23.6 Å². The van der Waals surface area contributed by atoms with Crippen molar-refractivity contribution in [2.24, 2.45) is 0 Å². The number of rotatable bonds is 1. The second-order valence-electron chi connectivity index (χ2n) is 4.55. The van der Waals surface area contributed by atoms with Gasteiger partial charge in [0.05, 0.1) is 15.6 Å². The number of benzene rings is 2. The van der Waals surface area contributed by atoms with Gasteiger partial charge in [-0.1, -0.05) is 42.5 Å². The summed E-state index contributed by atoms with van der Waals surface area (Å²) >= 11 is 7.10. The van der Waals surface area contributed by atoms with Crippen molar-refractivity contribution < 1.29 is 0 Å². The zero-order chi connectivity index (χ0) is 13.5. The molecule has 4 rings (SSSR count). The van der Waals surface area contributed by atoms with Crippen molar-refractivity contribution in [1.82, 2.24) is 9.38 Å². The van der Waals surface area contributed by atoms with Crippen molar-refractivity contribution >= 4 is 46.3 Å². The van der Waals surface area contributed by atoms with Gasteiger partial charge in [-0.2, -0.15) is 0 Å². The molecular formula is C16H10N2S2. The molecule has 2 nitrogen and oxygen atoms in total. The van der Waals surface area contributed by atoms with E-state index in [1.165, 1.54) is 5.56 Å². The predicted molar refractivity (Wildman–Crippen MR) is 86.6 cm³/mol. The predicted octanol–water partition coefficient (Wildman–Crippen LogP) is 3.83. The molecule has 4 heteroatoms. The SMILES string of the molecule is S=c1sc(=Cc2ccccc2)c2nc3ccccc3n12. The first kappa shape index (κ1) is 11.8. The van der Waals surface area contributed by atoms with E-state index < -0.39 is 0 Å². The van der Waals surface area contributed by atoms with E-state index >= 15 is 0 Å². The van der Waals surface area contributed by atoms with Crippen LogP contribution in [0, 0.1) is 3.95 Å². The van der Waals surface area contributed by atoms with E-state index in [0.717, 1.165) is 25.2 Å². The minimum Gasteiger partial charge on any atom is -0.273 e. The van der Waals surface area contributed by atoms with Crippen LogP contribution in [0.5, 0.6) is 0 Å². The average Bonchev–Trinajstić information content (AvgIpc) is 2.99. The first-order valence-corrected chi connectivity index (χ1v) is 7.52. The molecule has 0 aliphatic carbocycles. The molecule has 0 atom stereocenters. The number of hydrogen-bond acceptors (Lipinski definition) is 3. The summed E-state index contributed by atoms with van der Waals surface area (Å²) in [6, 6.07) is 18.4. The lowest BCUT2D eigenvalue weighted by molar-refractivity contribution is 1.26. The molecule has 20 heavy (non-hydrogen) atoms. The average molecular weight is 294 g/mol. The van der Waals surface area contributed by atoms with Crippen molar-refractivity contribution in [2.45, 2.75) is 0 Å². The van der Waals surface area contributed by atoms with E-state index in [1.807, 2.05) is 36.4 Å². The molecule has 2 aromatic carbocycles. The van der Waals surface area contributed by atoms with Crippen LogP contribution in [-0.2, 0) is 0 Å². The lowest BCUT2D eigenvalue weighted by Gasteiger charge is -1.88. The molecule has 0 N–H and O–H groups in total. The zero-order valence-corrected chi connectivity index (χ0v) is 12.1. The van der Waals surface area contributed by atoms with Gasteiger partial charge in [-0.15, -0.1) is 11.3 Å². The monoisotopic (exact) mass is 294 g/mol. The molecule has 4 aromatic rings. The molecule has 0 radical (unpaired) electrons. The summed E-state index contributed by atoms with van der Waals surface area (Å²) in [5.74, 6) is 0. The first-order chi connectivity index (χ1) is 9.83. The fourth-order valence-electron chi connectivity index (χ4n) is 2.36. The molecule has 0 saturated carbocycles. The first-order valence-electron chi connectivity index (χ1n) is 6.30. The molecule has 96 valence electrons. The van der Waals surface area contributed by atoms with E-state index in [2.05, 4.69) is 28.7 Å². The molecule has 0 spiro atoms. The number of hydrogen-bond donors (Lipinski definition) is 0. The third kappa shape index (κ3) is 1.77. The Morgan fingerprint density at radius 1 is 1.00 bits per heavy atom. The topological polar surface area (TPSA) is 17.3 Å². The van der Waals surface area contributed by atoms with Crippen LogP contribution < -0.4 is 4.53 Å². The maximum absolute atomic E-state index is 5.49. The maximum Gasteiger partial charge on any atom is 0.168 e. The quantitative estimate of drug-likeness (QED) is 0.496. The molecule has 0 amide bonds. The normalized spacial score (nSPS) is 12.5. The Labute approximate surface area is 124 Å². The van der Waals surface area contributed by atoms with Crippen LogP contribution in [0.25, 0.3) is 22.8 Å². The van der Waals surface area contributed by atoms with E-state index in [1.54, 1.807) is 11.3 Å². The summed E-state index contributed by atoms with van der Waals surface area (Å²) in [5, 5.41) is 0. The largest absolute Gasteiger partial charge is 0.273 e. The molecule has 0 unspecified atom stereocenters. The van der Waals surface area contributed by atoms with Crippen molar-refractivity contribution in [3.63, 3.8) is 0 Å². The van der Waals surface area contributed by atoms with Gasteiger partial charge in [0, 0.05) is 0 Å². The molecule has 0 bridgehead atoms. The lowest BCUT2D eigenvalue weighted by Crippen LogP contribution is -1.95. The Balaban J connectivity index is 2.11. The van der Waals surface area contributed by atoms with E-state index in [4.69, 9.17) is 17.2 Å². The van der Waals surface area contributed by atoms with E-state index in [0.29, 0.717) is 0 Å². The van der Waals surface area contributed by atoms with Crippen LogP contribution in [0.2, 0.25) is 0 Å². The van der Waals surface area contributed by atoms with Gasteiger partial charge >= 0.3 is 0 Å². The summed E-state index contributed by atoms with van der Waals surface area (Å²) in [4.78, 5) is 4.71. The van der Waals surface area contributed by atoms with Crippen molar-refractivity contribution in [3.8, 4) is 0 Å². The molecule has 2 heterocycles. The second kappa shape index (κ2) is 4.51. The highest BCUT2D eigenvalue weighted by atomic mass is 32.1. The van der Waals surface area contributed by atoms with Crippen LogP contribution in [-0.4, -0.2) is 9.38 Å². The minimum absolute atomic E-state index is 0.843. The summed E-state index contributed by atoms with van der Waals surface area (Å²) in [6.07, 6.45) is 2.14. The Kier molecular flexibility index (Phi) is 2.65. The molecule has 0 aliphatic heterocycles. The molecule has 0 fully saturated rings. The number of fused-ring (bicyclic) bond motifs is 3. The highest BCUT2D eigenvalue weighted by molar-refractivity contribution is 7.73. The van der Waals surface area contributed by atoms with Gasteiger partial charge in [0.1, 0.15) is 0 Å². The van der Waals surface area contributed by atoms with Crippen LogP contribution in [0.1, 0.15) is 5.56 Å². The van der Waals surface area contributed by atoms with E-state index in [9.17, 15) is 0 Å². The van der Waals surface area contributed by atoms with Crippen molar-refractivity contribution in [3.05, 3.63) is 68.6 Å². The maximum atomic E-state index is 5.49. The van der Waals surface area contributed by atoms with Gasteiger partial charge in [0.15, 0.2) is 9.60 Å². The summed E-state index contributed by atoms with van der Waals surface area (Å²) in [5.41, 5.74) is 4.18. The highest BCUT2D eigenvalue weighted by Gasteiger charge is 2.08. The second-order valence-corrected chi connectivity index (χ2v) is 6.22. The highest BCUT2D eigenvalue weighted by Crippen LogP contribution is 2.17.